The lowest BCUT2D eigenvalue weighted by Crippen LogP contribution is -2.33. The van der Waals surface area contributed by atoms with Gasteiger partial charge in [-0.05, 0) is 43.4 Å². The van der Waals surface area contributed by atoms with Gasteiger partial charge in [0.1, 0.15) is 5.75 Å². The monoisotopic (exact) mass is 261 g/mol. The Labute approximate surface area is 117 Å². The topological polar surface area (TPSA) is 21.3 Å². The van der Waals surface area contributed by atoms with Crippen molar-refractivity contribution in [3.63, 3.8) is 0 Å². The Morgan fingerprint density at radius 2 is 1.84 bits per heavy atom. The minimum Gasteiger partial charge on any atom is -0.494 e. The molecule has 1 aromatic carbocycles. The van der Waals surface area contributed by atoms with Crippen LogP contribution in [0.1, 0.15) is 51.5 Å². The second-order valence-electron chi connectivity index (χ2n) is 5.68. The molecule has 2 atom stereocenters. The summed E-state index contributed by atoms with van der Waals surface area (Å²) in [5, 5.41) is 3.74. The molecular weight excluding hydrogens is 234 g/mol. The Bertz CT molecular complexity index is 360. The summed E-state index contributed by atoms with van der Waals surface area (Å²) in [5.41, 5.74) is 1.35. The second-order valence-corrected chi connectivity index (χ2v) is 5.68. The van der Waals surface area contributed by atoms with Crippen LogP contribution < -0.4 is 10.1 Å². The van der Waals surface area contributed by atoms with Crippen LogP contribution in [0.2, 0.25) is 0 Å². The van der Waals surface area contributed by atoms with Crippen LogP contribution in [-0.2, 0) is 6.54 Å². The lowest BCUT2D eigenvalue weighted by Gasteiger charge is -2.23. The molecule has 0 aliphatic heterocycles. The summed E-state index contributed by atoms with van der Waals surface area (Å²) in [6.45, 7) is 6.11. The van der Waals surface area contributed by atoms with Crippen molar-refractivity contribution in [1.82, 2.24) is 5.32 Å². The van der Waals surface area contributed by atoms with Gasteiger partial charge in [-0.1, -0.05) is 38.3 Å². The lowest BCUT2D eigenvalue weighted by molar-refractivity contribution is 0.339. The number of hydrogen-bond donors (Lipinski definition) is 1. The molecule has 2 nitrogen and oxygen atoms in total. The van der Waals surface area contributed by atoms with E-state index in [1.807, 2.05) is 6.92 Å². The third kappa shape index (κ3) is 4.54. The Hall–Kier alpha value is -1.02. The van der Waals surface area contributed by atoms with Gasteiger partial charge in [-0.3, -0.25) is 0 Å². The SMILES string of the molecule is CCOc1ccc(CNC2CCCCCC2C)cc1. The Morgan fingerprint density at radius 3 is 2.58 bits per heavy atom. The fourth-order valence-corrected chi connectivity index (χ4v) is 2.92. The van der Waals surface area contributed by atoms with Crippen molar-refractivity contribution in [2.45, 2.75) is 58.5 Å². The summed E-state index contributed by atoms with van der Waals surface area (Å²) in [7, 11) is 0. The van der Waals surface area contributed by atoms with Crippen molar-refractivity contribution in [2.75, 3.05) is 6.61 Å². The average molecular weight is 261 g/mol. The summed E-state index contributed by atoms with van der Waals surface area (Å²) >= 11 is 0. The number of hydrogen-bond acceptors (Lipinski definition) is 2. The first-order chi connectivity index (χ1) is 9.29. The minimum atomic E-state index is 0.689. The molecule has 2 heteroatoms. The van der Waals surface area contributed by atoms with Gasteiger partial charge >= 0.3 is 0 Å². The van der Waals surface area contributed by atoms with Crippen LogP contribution in [0.15, 0.2) is 24.3 Å². The smallest absolute Gasteiger partial charge is 0.119 e. The zero-order valence-electron chi connectivity index (χ0n) is 12.3. The van der Waals surface area contributed by atoms with Gasteiger partial charge in [0.05, 0.1) is 6.61 Å². The van der Waals surface area contributed by atoms with Crippen molar-refractivity contribution in [3.05, 3.63) is 29.8 Å². The first-order valence-corrected chi connectivity index (χ1v) is 7.74. The van der Waals surface area contributed by atoms with Gasteiger partial charge in [0.25, 0.3) is 0 Å². The molecule has 106 valence electrons. The van der Waals surface area contributed by atoms with E-state index in [1.54, 1.807) is 0 Å². The van der Waals surface area contributed by atoms with E-state index in [2.05, 4.69) is 36.5 Å². The van der Waals surface area contributed by atoms with E-state index in [1.165, 1.54) is 37.7 Å². The maximum atomic E-state index is 5.47. The Morgan fingerprint density at radius 1 is 1.11 bits per heavy atom. The molecule has 2 rings (SSSR count). The van der Waals surface area contributed by atoms with E-state index in [9.17, 15) is 0 Å². The van der Waals surface area contributed by atoms with Gasteiger partial charge < -0.3 is 10.1 Å². The van der Waals surface area contributed by atoms with Gasteiger partial charge in [-0.2, -0.15) is 0 Å². The Kier molecular flexibility index (Phi) is 5.71. The normalized spacial score (nSPS) is 23.9. The molecule has 1 aliphatic rings. The molecule has 0 saturated heterocycles. The van der Waals surface area contributed by atoms with Gasteiger partial charge in [0, 0.05) is 12.6 Å². The van der Waals surface area contributed by atoms with Crippen molar-refractivity contribution < 1.29 is 4.74 Å². The predicted octanol–water partition coefficient (Wildman–Crippen LogP) is 4.14. The molecule has 1 aliphatic carbocycles. The summed E-state index contributed by atoms with van der Waals surface area (Å²) in [6.07, 6.45) is 6.90. The number of benzene rings is 1. The molecule has 1 saturated carbocycles. The maximum absolute atomic E-state index is 5.47. The Balaban J connectivity index is 1.83. The highest BCUT2D eigenvalue weighted by atomic mass is 16.5. The molecule has 0 bridgehead atoms. The van der Waals surface area contributed by atoms with Crippen molar-refractivity contribution in [1.29, 1.82) is 0 Å². The van der Waals surface area contributed by atoms with Gasteiger partial charge in [0.15, 0.2) is 0 Å². The maximum Gasteiger partial charge on any atom is 0.119 e. The van der Waals surface area contributed by atoms with E-state index in [-0.39, 0.29) is 0 Å². The van der Waals surface area contributed by atoms with Crippen LogP contribution in [-0.4, -0.2) is 12.6 Å². The number of rotatable bonds is 5. The molecule has 0 aromatic heterocycles. The first-order valence-electron chi connectivity index (χ1n) is 7.74. The third-order valence-corrected chi connectivity index (χ3v) is 4.16. The fourth-order valence-electron chi connectivity index (χ4n) is 2.92. The lowest BCUT2D eigenvalue weighted by atomic mass is 9.97. The van der Waals surface area contributed by atoms with Crippen LogP contribution >= 0.6 is 0 Å². The molecule has 19 heavy (non-hydrogen) atoms. The van der Waals surface area contributed by atoms with Crippen molar-refractivity contribution in [3.8, 4) is 5.75 Å². The van der Waals surface area contributed by atoms with Crippen LogP contribution in [0.5, 0.6) is 5.75 Å². The number of ether oxygens (including phenoxy) is 1. The summed E-state index contributed by atoms with van der Waals surface area (Å²) in [4.78, 5) is 0. The largest absolute Gasteiger partial charge is 0.494 e. The standard InChI is InChI=1S/C17H27NO/c1-3-19-16-11-9-15(10-12-16)13-18-17-8-6-4-5-7-14(17)2/h9-12,14,17-18H,3-8,13H2,1-2H3. The minimum absolute atomic E-state index is 0.689. The highest BCUT2D eigenvalue weighted by Gasteiger charge is 2.18. The van der Waals surface area contributed by atoms with Gasteiger partial charge in [0.2, 0.25) is 0 Å². The predicted molar refractivity (Wildman–Crippen MR) is 80.5 cm³/mol. The number of nitrogens with one attached hydrogen (secondary N) is 1. The van der Waals surface area contributed by atoms with Gasteiger partial charge in [-0.25, -0.2) is 0 Å². The average Bonchev–Trinajstić information content (AvgIpc) is 2.63. The summed E-state index contributed by atoms with van der Waals surface area (Å²) in [5.74, 6) is 1.78. The highest BCUT2D eigenvalue weighted by Crippen LogP contribution is 2.23. The molecular formula is C17H27NO. The third-order valence-electron chi connectivity index (χ3n) is 4.16. The highest BCUT2D eigenvalue weighted by molar-refractivity contribution is 5.27. The van der Waals surface area contributed by atoms with Crippen LogP contribution in [0.25, 0.3) is 0 Å². The van der Waals surface area contributed by atoms with E-state index in [0.717, 1.165) is 24.8 Å². The van der Waals surface area contributed by atoms with E-state index < -0.39 is 0 Å². The molecule has 1 N–H and O–H groups in total. The summed E-state index contributed by atoms with van der Waals surface area (Å²) < 4.78 is 5.47. The molecule has 1 fully saturated rings. The van der Waals surface area contributed by atoms with Crippen LogP contribution in [0.3, 0.4) is 0 Å². The zero-order chi connectivity index (χ0) is 13.5. The van der Waals surface area contributed by atoms with Crippen molar-refractivity contribution >= 4 is 0 Å². The molecule has 1 aromatic rings. The van der Waals surface area contributed by atoms with Crippen LogP contribution in [0, 0.1) is 5.92 Å². The van der Waals surface area contributed by atoms with E-state index >= 15 is 0 Å². The van der Waals surface area contributed by atoms with Crippen LogP contribution in [0.4, 0.5) is 0 Å². The second kappa shape index (κ2) is 7.54. The first kappa shape index (κ1) is 14.4. The van der Waals surface area contributed by atoms with Crippen molar-refractivity contribution in [2.24, 2.45) is 5.92 Å². The zero-order valence-corrected chi connectivity index (χ0v) is 12.3. The molecule has 0 amide bonds. The van der Waals surface area contributed by atoms with E-state index in [0.29, 0.717) is 6.04 Å². The van der Waals surface area contributed by atoms with E-state index in [4.69, 9.17) is 4.74 Å². The molecule has 0 heterocycles. The fraction of sp³-hybridized carbons (Fsp3) is 0.647. The molecule has 2 unspecified atom stereocenters. The molecule has 0 spiro atoms. The van der Waals surface area contributed by atoms with Gasteiger partial charge in [-0.15, -0.1) is 0 Å². The quantitative estimate of drug-likeness (QED) is 0.804. The molecule has 0 radical (unpaired) electrons. The summed E-state index contributed by atoms with van der Waals surface area (Å²) in [6, 6.07) is 9.15.